The topological polar surface area (TPSA) is 63.1 Å². The lowest BCUT2D eigenvalue weighted by molar-refractivity contribution is -0.119. The van der Waals surface area contributed by atoms with Crippen LogP contribution in [0.25, 0.3) is 5.69 Å². The molecule has 2 heterocycles. The van der Waals surface area contributed by atoms with Gasteiger partial charge in [-0.3, -0.25) is 14.3 Å². The van der Waals surface area contributed by atoms with E-state index < -0.39 is 0 Å². The fraction of sp³-hybridized carbons (Fsp3) is 0.348. The summed E-state index contributed by atoms with van der Waals surface area (Å²) in [4.78, 5) is 14.9. The van der Waals surface area contributed by atoms with E-state index >= 15 is 0 Å². The molecule has 0 saturated carbocycles. The average molecular weight is 422 g/mol. The Kier molecular flexibility index (Phi) is 6.50. The number of nitrogens with one attached hydrogen (secondary N) is 1. The van der Waals surface area contributed by atoms with Crippen molar-refractivity contribution in [3.05, 3.63) is 71.5 Å². The number of benzene rings is 2. The lowest BCUT2D eigenvalue weighted by Gasteiger charge is -2.16. The Bertz CT molecular complexity index is 1000. The Balaban J connectivity index is 1.28. The van der Waals surface area contributed by atoms with Gasteiger partial charge in [-0.05, 0) is 49.1 Å². The van der Waals surface area contributed by atoms with Gasteiger partial charge in [0.05, 0.1) is 5.75 Å². The fourth-order valence-corrected chi connectivity index (χ4v) is 4.45. The maximum atomic E-state index is 12.5. The van der Waals surface area contributed by atoms with Crippen molar-refractivity contribution in [1.29, 1.82) is 0 Å². The van der Waals surface area contributed by atoms with Crippen LogP contribution < -0.4 is 5.32 Å². The smallest absolute Gasteiger partial charge is 0.230 e. The standard InChI is InChI=1S/C23H27N5OS/c1-17-8-9-21(12-18(17)2)28-16-24-26-23(28)30-15-22(29)25-20-10-11-27(14-20)13-19-6-4-3-5-7-19/h3-9,12,16,20H,10-11,13-15H2,1-2H3,(H,25,29). The zero-order valence-electron chi connectivity index (χ0n) is 17.4. The van der Waals surface area contributed by atoms with Crippen molar-refractivity contribution < 1.29 is 4.79 Å². The molecule has 1 saturated heterocycles. The first-order chi connectivity index (χ1) is 14.6. The number of aryl methyl sites for hydroxylation is 2. The number of hydrogen-bond acceptors (Lipinski definition) is 5. The molecule has 1 amide bonds. The Morgan fingerprint density at radius 1 is 1.17 bits per heavy atom. The van der Waals surface area contributed by atoms with Gasteiger partial charge in [-0.2, -0.15) is 0 Å². The molecular weight excluding hydrogens is 394 g/mol. The van der Waals surface area contributed by atoms with E-state index in [0.717, 1.165) is 36.9 Å². The second-order valence-electron chi connectivity index (χ2n) is 7.81. The molecule has 1 fully saturated rings. The predicted octanol–water partition coefficient (Wildman–Crippen LogP) is 3.37. The summed E-state index contributed by atoms with van der Waals surface area (Å²) >= 11 is 1.42. The van der Waals surface area contributed by atoms with Crippen molar-refractivity contribution in [3.8, 4) is 5.69 Å². The zero-order chi connectivity index (χ0) is 20.9. The minimum absolute atomic E-state index is 0.0428. The zero-order valence-corrected chi connectivity index (χ0v) is 18.2. The summed E-state index contributed by atoms with van der Waals surface area (Å²) in [6.07, 6.45) is 2.69. The summed E-state index contributed by atoms with van der Waals surface area (Å²) < 4.78 is 1.93. The summed E-state index contributed by atoms with van der Waals surface area (Å²) in [6.45, 7) is 7.01. The van der Waals surface area contributed by atoms with Crippen molar-refractivity contribution >= 4 is 17.7 Å². The third kappa shape index (κ3) is 5.09. The molecule has 4 rings (SSSR count). The van der Waals surface area contributed by atoms with Crippen LogP contribution >= 0.6 is 11.8 Å². The van der Waals surface area contributed by atoms with Crippen molar-refractivity contribution in [1.82, 2.24) is 25.0 Å². The highest BCUT2D eigenvalue weighted by Gasteiger charge is 2.24. The highest BCUT2D eigenvalue weighted by Crippen LogP contribution is 2.21. The van der Waals surface area contributed by atoms with Gasteiger partial charge in [0, 0.05) is 31.4 Å². The van der Waals surface area contributed by atoms with E-state index in [4.69, 9.17) is 0 Å². The van der Waals surface area contributed by atoms with Gasteiger partial charge in [0.25, 0.3) is 0 Å². The molecule has 1 aromatic heterocycles. The first-order valence-electron chi connectivity index (χ1n) is 10.2. The van der Waals surface area contributed by atoms with Gasteiger partial charge < -0.3 is 5.32 Å². The largest absolute Gasteiger partial charge is 0.351 e. The number of carbonyl (C=O) groups is 1. The van der Waals surface area contributed by atoms with E-state index in [1.165, 1.54) is 28.5 Å². The molecule has 0 spiro atoms. The highest BCUT2D eigenvalue weighted by molar-refractivity contribution is 7.99. The maximum absolute atomic E-state index is 12.5. The first-order valence-corrected chi connectivity index (χ1v) is 11.2. The van der Waals surface area contributed by atoms with Gasteiger partial charge in [0.1, 0.15) is 6.33 Å². The Morgan fingerprint density at radius 3 is 2.80 bits per heavy atom. The van der Waals surface area contributed by atoms with Crippen LogP contribution in [0.1, 0.15) is 23.1 Å². The van der Waals surface area contributed by atoms with Crippen LogP contribution in [0.5, 0.6) is 0 Å². The molecule has 1 unspecified atom stereocenters. The van der Waals surface area contributed by atoms with Crippen LogP contribution in [0.3, 0.4) is 0 Å². The van der Waals surface area contributed by atoms with Gasteiger partial charge in [0.15, 0.2) is 5.16 Å². The van der Waals surface area contributed by atoms with Crippen molar-refractivity contribution in [2.75, 3.05) is 18.8 Å². The molecule has 6 nitrogen and oxygen atoms in total. The van der Waals surface area contributed by atoms with E-state index in [2.05, 4.69) is 76.7 Å². The number of rotatable bonds is 7. The van der Waals surface area contributed by atoms with Crippen molar-refractivity contribution in [2.24, 2.45) is 0 Å². The monoisotopic (exact) mass is 421 g/mol. The lowest BCUT2D eigenvalue weighted by Crippen LogP contribution is -2.38. The van der Waals surface area contributed by atoms with E-state index in [1.807, 2.05) is 10.6 Å². The van der Waals surface area contributed by atoms with Crippen LogP contribution in [-0.4, -0.2) is 50.5 Å². The number of amides is 1. The lowest BCUT2D eigenvalue weighted by atomic mass is 10.1. The molecule has 1 N–H and O–H groups in total. The van der Waals surface area contributed by atoms with E-state index in [1.54, 1.807) is 6.33 Å². The molecule has 0 radical (unpaired) electrons. The summed E-state index contributed by atoms with van der Waals surface area (Å²) in [5, 5.41) is 12.1. The first kappa shape index (κ1) is 20.6. The van der Waals surface area contributed by atoms with Gasteiger partial charge in [-0.25, -0.2) is 0 Å². The van der Waals surface area contributed by atoms with Crippen molar-refractivity contribution in [2.45, 2.75) is 38.0 Å². The molecule has 2 aromatic carbocycles. The number of thioether (sulfide) groups is 1. The molecule has 156 valence electrons. The predicted molar refractivity (Wildman–Crippen MR) is 120 cm³/mol. The number of aromatic nitrogens is 3. The Labute approximate surface area is 181 Å². The molecule has 1 aliphatic rings. The highest BCUT2D eigenvalue weighted by atomic mass is 32.2. The number of likely N-dealkylation sites (tertiary alicyclic amines) is 1. The molecule has 7 heteroatoms. The molecule has 0 aliphatic carbocycles. The maximum Gasteiger partial charge on any atom is 0.230 e. The molecule has 0 bridgehead atoms. The Morgan fingerprint density at radius 2 is 2.00 bits per heavy atom. The quantitative estimate of drug-likeness (QED) is 0.593. The number of carbonyl (C=O) groups excluding carboxylic acids is 1. The van der Waals surface area contributed by atoms with Crippen LogP contribution in [0, 0.1) is 13.8 Å². The van der Waals surface area contributed by atoms with Gasteiger partial charge >= 0.3 is 0 Å². The van der Waals surface area contributed by atoms with E-state index in [-0.39, 0.29) is 11.9 Å². The van der Waals surface area contributed by atoms with Crippen LogP contribution in [0.4, 0.5) is 0 Å². The third-order valence-electron chi connectivity index (χ3n) is 5.50. The normalized spacial score (nSPS) is 16.7. The van der Waals surface area contributed by atoms with Gasteiger partial charge in [-0.15, -0.1) is 10.2 Å². The fourth-order valence-electron chi connectivity index (χ4n) is 3.71. The van der Waals surface area contributed by atoms with Crippen LogP contribution in [-0.2, 0) is 11.3 Å². The summed E-state index contributed by atoms with van der Waals surface area (Å²) in [5.41, 5.74) is 4.79. The summed E-state index contributed by atoms with van der Waals surface area (Å²) in [6, 6.07) is 16.9. The number of hydrogen-bond donors (Lipinski definition) is 1. The minimum Gasteiger partial charge on any atom is -0.351 e. The molecule has 1 aliphatic heterocycles. The molecular formula is C23H27N5OS. The number of nitrogens with zero attached hydrogens (tertiary/aromatic N) is 4. The van der Waals surface area contributed by atoms with Crippen LogP contribution in [0.15, 0.2) is 60.0 Å². The minimum atomic E-state index is 0.0428. The van der Waals surface area contributed by atoms with E-state index in [0.29, 0.717) is 5.75 Å². The molecule has 1 atom stereocenters. The third-order valence-corrected chi connectivity index (χ3v) is 6.45. The average Bonchev–Trinajstić information content (AvgIpc) is 3.39. The molecule has 30 heavy (non-hydrogen) atoms. The summed E-state index contributed by atoms with van der Waals surface area (Å²) in [7, 11) is 0. The van der Waals surface area contributed by atoms with Crippen molar-refractivity contribution in [3.63, 3.8) is 0 Å². The van der Waals surface area contributed by atoms with E-state index in [9.17, 15) is 4.79 Å². The second-order valence-corrected chi connectivity index (χ2v) is 8.76. The molecule has 3 aromatic rings. The summed E-state index contributed by atoms with van der Waals surface area (Å²) in [5.74, 6) is 0.375. The Hall–Kier alpha value is -2.64. The second kappa shape index (κ2) is 9.45. The van der Waals surface area contributed by atoms with Gasteiger partial charge in [0.2, 0.25) is 5.91 Å². The SMILES string of the molecule is Cc1ccc(-n2cnnc2SCC(=O)NC2CCN(Cc3ccccc3)C2)cc1C. The van der Waals surface area contributed by atoms with Gasteiger partial charge in [-0.1, -0.05) is 48.2 Å². The van der Waals surface area contributed by atoms with Crippen LogP contribution in [0.2, 0.25) is 0 Å².